The predicted octanol–water partition coefficient (Wildman–Crippen LogP) is 2.55. The standard InChI is InChI=1S/C16H22O3/c1-16(2,3)19-15(17)10-7-8-6-9(10)14-12-5-4-11(18-12)13(8)14/h4-5,8-14H,6-7H2,1-3H3/t8-,9+,10?,11+,12-,13?,14?/m1/s1. The first-order chi connectivity index (χ1) is 8.94. The lowest BCUT2D eigenvalue weighted by Gasteiger charge is -2.34. The van der Waals surface area contributed by atoms with Crippen LogP contribution in [0.2, 0.25) is 0 Å². The van der Waals surface area contributed by atoms with Gasteiger partial charge in [-0.3, -0.25) is 4.79 Å². The van der Waals surface area contributed by atoms with E-state index in [9.17, 15) is 4.79 Å². The van der Waals surface area contributed by atoms with Crippen LogP contribution in [0.25, 0.3) is 0 Å². The van der Waals surface area contributed by atoms with E-state index in [4.69, 9.17) is 9.47 Å². The molecule has 4 rings (SSSR count). The Bertz CT molecular complexity index is 447. The van der Waals surface area contributed by atoms with Crippen LogP contribution >= 0.6 is 0 Å². The van der Waals surface area contributed by atoms with Gasteiger partial charge in [0.1, 0.15) is 5.60 Å². The smallest absolute Gasteiger partial charge is 0.309 e. The summed E-state index contributed by atoms with van der Waals surface area (Å²) in [5.41, 5.74) is -0.372. The largest absolute Gasteiger partial charge is 0.460 e. The van der Waals surface area contributed by atoms with Gasteiger partial charge in [0.15, 0.2) is 0 Å². The molecule has 0 aromatic carbocycles. The first kappa shape index (κ1) is 12.0. The molecule has 2 aliphatic carbocycles. The van der Waals surface area contributed by atoms with Gasteiger partial charge >= 0.3 is 5.97 Å². The number of hydrogen-bond donors (Lipinski definition) is 0. The molecule has 0 radical (unpaired) electrons. The third-order valence-corrected chi connectivity index (χ3v) is 5.40. The van der Waals surface area contributed by atoms with E-state index in [2.05, 4.69) is 12.2 Å². The molecule has 3 heteroatoms. The van der Waals surface area contributed by atoms with Crippen molar-refractivity contribution in [1.82, 2.24) is 0 Å². The van der Waals surface area contributed by atoms with Crippen LogP contribution in [0.1, 0.15) is 33.6 Å². The van der Waals surface area contributed by atoms with Crippen LogP contribution in [0.15, 0.2) is 12.2 Å². The summed E-state index contributed by atoms with van der Waals surface area (Å²) in [6.45, 7) is 5.85. The molecule has 0 aromatic heterocycles. The van der Waals surface area contributed by atoms with E-state index in [-0.39, 0.29) is 23.6 Å². The van der Waals surface area contributed by atoms with Crippen molar-refractivity contribution in [3.63, 3.8) is 0 Å². The lowest BCUT2D eigenvalue weighted by atomic mass is 9.69. The zero-order valence-corrected chi connectivity index (χ0v) is 11.8. The Balaban J connectivity index is 1.54. The maximum Gasteiger partial charge on any atom is 0.309 e. The quantitative estimate of drug-likeness (QED) is 0.538. The molecule has 0 amide bonds. The number of ether oxygens (including phenoxy) is 2. The molecular weight excluding hydrogens is 240 g/mol. The fraction of sp³-hybridized carbons (Fsp3) is 0.812. The fourth-order valence-electron chi connectivity index (χ4n) is 4.98. The molecule has 1 saturated heterocycles. The Morgan fingerprint density at radius 1 is 1.16 bits per heavy atom. The minimum atomic E-state index is -0.372. The normalized spacial score (nSPS) is 49.7. The minimum absolute atomic E-state index is 0.0187. The van der Waals surface area contributed by atoms with Crippen molar-refractivity contribution < 1.29 is 14.3 Å². The summed E-state index contributed by atoms with van der Waals surface area (Å²) in [6.07, 6.45) is 7.27. The van der Waals surface area contributed by atoms with E-state index in [1.165, 1.54) is 6.42 Å². The molecule has 3 nitrogen and oxygen atoms in total. The minimum Gasteiger partial charge on any atom is -0.460 e. The van der Waals surface area contributed by atoms with Crippen LogP contribution < -0.4 is 0 Å². The Hall–Kier alpha value is -0.830. The molecule has 3 unspecified atom stereocenters. The van der Waals surface area contributed by atoms with Gasteiger partial charge in [-0.1, -0.05) is 12.2 Å². The van der Waals surface area contributed by atoms with E-state index < -0.39 is 0 Å². The van der Waals surface area contributed by atoms with Gasteiger partial charge < -0.3 is 9.47 Å². The molecule has 19 heavy (non-hydrogen) atoms. The molecule has 2 saturated carbocycles. The van der Waals surface area contributed by atoms with Gasteiger partial charge in [-0.05, 0) is 57.3 Å². The number of rotatable bonds is 1. The van der Waals surface area contributed by atoms with Crippen LogP contribution in [0.5, 0.6) is 0 Å². The summed E-state index contributed by atoms with van der Waals surface area (Å²) in [5.74, 6) is 2.55. The Labute approximate surface area is 114 Å². The Kier molecular flexibility index (Phi) is 2.28. The summed E-state index contributed by atoms with van der Waals surface area (Å²) in [6, 6.07) is 0. The van der Waals surface area contributed by atoms with Crippen LogP contribution in [0, 0.1) is 29.6 Å². The van der Waals surface area contributed by atoms with Gasteiger partial charge in [0.05, 0.1) is 18.1 Å². The molecule has 2 heterocycles. The number of esters is 1. The van der Waals surface area contributed by atoms with Gasteiger partial charge in [0.2, 0.25) is 0 Å². The van der Waals surface area contributed by atoms with Crippen molar-refractivity contribution in [3.8, 4) is 0 Å². The van der Waals surface area contributed by atoms with Gasteiger partial charge in [-0.25, -0.2) is 0 Å². The van der Waals surface area contributed by atoms with E-state index >= 15 is 0 Å². The average molecular weight is 262 g/mol. The molecule has 7 atom stereocenters. The maximum atomic E-state index is 12.4. The lowest BCUT2D eigenvalue weighted by Crippen LogP contribution is -2.39. The van der Waals surface area contributed by atoms with E-state index in [0.717, 1.165) is 6.42 Å². The monoisotopic (exact) mass is 262 g/mol. The second-order valence-corrected chi connectivity index (χ2v) is 7.64. The van der Waals surface area contributed by atoms with Crippen LogP contribution in [0.4, 0.5) is 0 Å². The van der Waals surface area contributed by atoms with Crippen molar-refractivity contribution in [3.05, 3.63) is 12.2 Å². The van der Waals surface area contributed by atoms with E-state index in [0.29, 0.717) is 29.8 Å². The molecule has 4 aliphatic rings. The summed E-state index contributed by atoms with van der Waals surface area (Å²) < 4.78 is 11.6. The highest BCUT2D eigenvalue weighted by Crippen LogP contribution is 2.63. The highest BCUT2D eigenvalue weighted by Gasteiger charge is 2.63. The van der Waals surface area contributed by atoms with Crippen LogP contribution in [0.3, 0.4) is 0 Å². The highest BCUT2D eigenvalue weighted by atomic mass is 16.6. The Morgan fingerprint density at radius 2 is 1.84 bits per heavy atom. The zero-order chi connectivity index (χ0) is 13.4. The SMILES string of the molecule is CC(C)(C)OC(=O)C1C[C@H]2C[C@@H]1C1C2[C@@H]2C=C[C@H]1O2. The number of fused-ring (bicyclic) bond motifs is 9. The third-order valence-electron chi connectivity index (χ3n) is 5.40. The summed E-state index contributed by atoms with van der Waals surface area (Å²) in [4.78, 5) is 12.4. The molecule has 0 N–H and O–H groups in total. The lowest BCUT2D eigenvalue weighted by molar-refractivity contribution is -0.163. The second-order valence-electron chi connectivity index (χ2n) is 7.64. The molecule has 0 aromatic rings. The van der Waals surface area contributed by atoms with Gasteiger partial charge in [-0.2, -0.15) is 0 Å². The van der Waals surface area contributed by atoms with Gasteiger partial charge in [0.25, 0.3) is 0 Å². The summed E-state index contributed by atoms with van der Waals surface area (Å²) >= 11 is 0. The van der Waals surface area contributed by atoms with Crippen molar-refractivity contribution in [2.75, 3.05) is 0 Å². The fourth-order valence-corrected chi connectivity index (χ4v) is 4.98. The number of carbonyl (C=O) groups excluding carboxylic acids is 1. The number of carbonyl (C=O) groups is 1. The number of hydrogen-bond acceptors (Lipinski definition) is 3. The highest BCUT2D eigenvalue weighted by molar-refractivity contribution is 5.74. The van der Waals surface area contributed by atoms with Gasteiger partial charge in [0, 0.05) is 0 Å². The average Bonchev–Trinajstić information content (AvgIpc) is 3.04. The van der Waals surface area contributed by atoms with E-state index in [1.54, 1.807) is 0 Å². The molecule has 104 valence electrons. The summed E-state index contributed by atoms with van der Waals surface area (Å²) in [5, 5.41) is 0. The summed E-state index contributed by atoms with van der Waals surface area (Å²) in [7, 11) is 0. The van der Waals surface area contributed by atoms with Crippen molar-refractivity contribution >= 4 is 5.97 Å². The third kappa shape index (κ3) is 1.63. The molecule has 3 fully saturated rings. The Morgan fingerprint density at radius 3 is 2.53 bits per heavy atom. The zero-order valence-electron chi connectivity index (χ0n) is 11.8. The predicted molar refractivity (Wildman–Crippen MR) is 70.3 cm³/mol. The van der Waals surface area contributed by atoms with E-state index in [1.807, 2.05) is 20.8 Å². The molecule has 2 aliphatic heterocycles. The van der Waals surface area contributed by atoms with Crippen molar-refractivity contribution in [2.45, 2.75) is 51.4 Å². The van der Waals surface area contributed by atoms with Crippen molar-refractivity contribution in [1.29, 1.82) is 0 Å². The van der Waals surface area contributed by atoms with Crippen molar-refractivity contribution in [2.24, 2.45) is 29.6 Å². The van der Waals surface area contributed by atoms with Crippen LogP contribution in [-0.2, 0) is 14.3 Å². The molecular formula is C16H22O3. The topological polar surface area (TPSA) is 35.5 Å². The maximum absolute atomic E-state index is 12.4. The van der Waals surface area contributed by atoms with Crippen LogP contribution in [-0.4, -0.2) is 23.8 Å². The molecule has 4 bridgehead atoms. The molecule has 0 spiro atoms. The first-order valence-electron chi connectivity index (χ1n) is 7.51. The first-order valence-corrected chi connectivity index (χ1v) is 7.51. The van der Waals surface area contributed by atoms with Gasteiger partial charge in [-0.15, -0.1) is 0 Å². The second kappa shape index (κ2) is 3.63.